The third kappa shape index (κ3) is 18.6. The van der Waals surface area contributed by atoms with Gasteiger partial charge in [0, 0.05) is 94.9 Å². The molecule has 1 aliphatic carbocycles. The smallest absolute Gasteiger partial charge is 0.416 e. The van der Waals surface area contributed by atoms with Gasteiger partial charge in [0.2, 0.25) is 11.8 Å². The molecule has 6 aromatic rings. The third-order valence-corrected chi connectivity index (χ3v) is 19.7. The molecule has 4 amide bonds. The molecule has 3 fully saturated rings. The Kier molecular flexibility index (Phi) is 23.7. The maximum atomic E-state index is 14.2. The van der Waals surface area contributed by atoms with Crippen LogP contribution >= 0.6 is 0 Å². The van der Waals surface area contributed by atoms with E-state index in [0.717, 1.165) is 91.0 Å². The highest BCUT2D eigenvalue weighted by Gasteiger charge is 2.50. The van der Waals surface area contributed by atoms with Crippen LogP contribution in [0, 0.1) is 5.82 Å². The fourth-order valence-electron chi connectivity index (χ4n) is 14.0. The molecule has 0 bridgehead atoms. The standard InChI is InChI=1S/C75H86F7N7O8/c1-84(36-13-5-8-22-68(91)86(3)43-44-87-38-31-62(32-39-87)97-71(94)83-65-20-12-10-18-63(65)54-15-6-4-7-16-54)49-53-23-25-55(26-24-53)66(90)21-14-37-85(2)69(92)50-95-67-47-56-17-9-11-19-64(56)72(67)33-40-88(41-34-72)42-35-73(58-27-29-61(76)30-28-58)51-89(52-96-73)70(93)57-45-59(74(77,78)79)48-60(46-57)75(80,81)82/h4,6-7,9-12,15-20,23-30,45-46,48,62,67H,5,8,13-14,21-22,31-44,47,49-52H2,1-3H3,(H,83,94)/t67-,73+/m0/s1. The summed E-state index contributed by atoms with van der Waals surface area (Å²) in [5.41, 5.74) is 1.46. The highest BCUT2D eigenvalue weighted by Crippen LogP contribution is 2.48. The van der Waals surface area contributed by atoms with Crippen molar-refractivity contribution in [3.8, 4) is 11.1 Å². The van der Waals surface area contributed by atoms with E-state index >= 15 is 0 Å². The number of alkyl halides is 6. The van der Waals surface area contributed by atoms with Gasteiger partial charge in [0.25, 0.3) is 5.91 Å². The number of ketones is 1. The lowest BCUT2D eigenvalue weighted by atomic mass is 9.72. The number of para-hydroxylation sites is 1. The second kappa shape index (κ2) is 32.1. The number of likely N-dealkylation sites (N-methyl/N-ethyl adjacent to an activating group) is 2. The minimum Gasteiger partial charge on any atom is -0.446 e. The van der Waals surface area contributed by atoms with Crippen LogP contribution in [-0.2, 0) is 60.1 Å². The fraction of sp³-hybridized carbons (Fsp3) is 0.453. The second-order valence-electron chi connectivity index (χ2n) is 26.4. The number of halogens is 7. The van der Waals surface area contributed by atoms with E-state index in [4.69, 9.17) is 14.2 Å². The molecule has 4 aliphatic rings. The fourth-order valence-corrected chi connectivity index (χ4v) is 14.0. The van der Waals surface area contributed by atoms with E-state index in [9.17, 15) is 54.7 Å². The summed E-state index contributed by atoms with van der Waals surface area (Å²) in [6.07, 6.45) is -3.64. The van der Waals surface area contributed by atoms with E-state index in [1.165, 1.54) is 24.3 Å². The number of anilines is 1. The number of fused-ring (bicyclic) bond motifs is 2. The van der Waals surface area contributed by atoms with Crippen LogP contribution in [0.25, 0.3) is 11.1 Å². The minimum absolute atomic E-state index is 0.0111. The maximum Gasteiger partial charge on any atom is 0.416 e. The van der Waals surface area contributed by atoms with Crippen LogP contribution in [0.3, 0.4) is 0 Å². The number of ether oxygens (including phenoxy) is 3. The van der Waals surface area contributed by atoms with Gasteiger partial charge in [-0.3, -0.25) is 24.5 Å². The first-order valence-electron chi connectivity index (χ1n) is 33.5. The Bertz CT molecular complexity index is 3620. The number of likely N-dealkylation sites (tertiary alicyclic amines) is 2. The van der Waals surface area contributed by atoms with Crippen LogP contribution in [0.15, 0.2) is 146 Å². The van der Waals surface area contributed by atoms with Gasteiger partial charge in [0.1, 0.15) is 30.9 Å². The lowest BCUT2D eigenvalue weighted by Crippen LogP contribution is -2.50. The van der Waals surface area contributed by atoms with Crippen molar-refractivity contribution in [3.05, 3.63) is 196 Å². The number of unbranched alkanes of at least 4 members (excludes halogenated alkanes) is 2. The molecule has 3 aliphatic heterocycles. The highest BCUT2D eigenvalue weighted by atomic mass is 19.4. The van der Waals surface area contributed by atoms with Crippen molar-refractivity contribution in [2.45, 2.75) is 119 Å². The van der Waals surface area contributed by atoms with Crippen LogP contribution in [0.2, 0.25) is 0 Å². The first-order valence-corrected chi connectivity index (χ1v) is 33.5. The molecule has 2 atom stereocenters. The average molecular weight is 1350 g/mol. The normalized spacial score (nSPS) is 18.3. The van der Waals surface area contributed by atoms with Crippen molar-refractivity contribution in [3.63, 3.8) is 0 Å². The van der Waals surface area contributed by atoms with Crippen LogP contribution in [0.4, 0.5) is 41.2 Å². The predicted octanol–water partition coefficient (Wildman–Crippen LogP) is 13.5. The van der Waals surface area contributed by atoms with E-state index in [-0.39, 0.29) is 61.9 Å². The number of piperidine rings is 2. The van der Waals surface area contributed by atoms with Crippen LogP contribution in [0.5, 0.6) is 0 Å². The Hall–Kier alpha value is -8.02. The number of nitrogens with one attached hydrogen (secondary N) is 1. The molecule has 1 N–H and O–H groups in total. The number of Topliss-reactive ketones (excluding diaryl/α,β-unsaturated/α-hetero) is 1. The summed E-state index contributed by atoms with van der Waals surface area (Å²) < 4.78 is 116. The number of carbonyl (C=O) groups excluding carboxylic acids is 5. The van der Waals surface area contributed by atoms with Crippen molar-refractivity contribution >= 4 is 35.3 Å². The van der Waals surface area contributed by atoms with Crippen molar-refractivity contribution in [1.82, 2.24) is 29.4 Å². The quantitative estimate of drug-likeness (QED) is 0.0299. The van der Waals surface area contributed by atoms with Gasteiger partial charge in [-0.15, -0.1) is 0 Å². The third-order valence-electron chi connectivity index (χ3n) is 19.7. The van der Waals surface area contributed by atoms with Gasteiger partial charge in [-0.25, -0.2) is 9.18 Å². The van der Waals surface area contributed by atoms with Gasteiger partial charge in [0.15, 0.2) is 5.78 Å². The number of hydrogen-bond donors (Lipinski definition) is 1. The molecule has 15 nitrogen and oxygen atoms in total. The number of carbonyl (C=O) groups is 5. The summed E-state index contributed by atoms with van der Waals surface area (Å²) in [4.78, 5) is 77.9. The summed E-state index contributed by atoms with van der Waals surface area (Å²) in [5.74, 6) is -1.68. The zero-order chi connectivity index (χ0) is 68.9. The number of benzene rings is 6. The zero-order valence-corrected chi connectivity index (χ0v) is 55.3. The number of amides is 4. The van der Waals surface area contributed by atoms with E-state index in [0.29, 0.717) is 100 Å². The summed E-state index contributed by atoms with van der Waals surface area (Å²) in [5, 5.41) is 2.93. The monoisotopic (exact) mass is 1350 g/mol. The first kappa shape index (κ1) is 71.7. The summed E-state index contributed by atoms with van der Waals surface area (Å²) in [7, 11) is 5.63. The molecule has 0 saturated carbocycles. The predicted molar refractivity (Wildman–Crippen MR) is 355 cm³/mol. The molecular weight excluding hydrogens is 1260 g/mol. The van der Waals surface area contributed by atoms with E-state index in [2.05, 4.69) is 39.2 Å². The topological polar surface area (TPSA) is 145 Å². The molecular formula is C75H86F7N7O8. The molecule has 3 heterocycles. The Morgan fingerprint density at radius 1 is 0.649 bits per heavy atom. The second-order valence-corrected chi connectivity index (χ2v) is 26.4. The molecule has 518 valence electrons. The maximum absolute atomic E-state index is 14.2. The molecule has 3 saturated heterocycles. The molecule has 22 heteroatoms. The van der Waals surface area contributed by atoms with Gasteiger partial charge >= 0.3 is 18.4 Å². The molecule has 6 aromatic carbocycles. The van der Waals surface area contributed by atoms with E-state index in [1.807, 2.05) is 103 Å². The minimum atomic E-state index is -5.15. The van der Waals surface area contributed by atoms with E-state index < -0.39 is 64.6 Å². The Morgan fingerprint density at radius 3 is 2.00 bits per heavy atom. The Morgan fingerprint density at radius 2 is 1.30 bits per heavy atom. The molecule has 1 spiro atoms. The van der Waals surface area contributed by atoms with Crippen LogP contribution in [0.1, 0.15) is 125 Å². The lowest BCUT2D eigenvalue weighted by Gasteiger charge is -2.44. The largest absolute Gasteiger partial charge is 0.446 e. The zero-order valence-electron chi connectivity index (χ0n) is 55.3. The molecule has 97 heavy (non-hydrogen) atoms. The summed E-state index contributed by atoms with van der Waals surface area (Å²) in [6, 6.07) is 39.6. The van der Waals surface area contributed by atoms with Crippen molar-refractivity contribution < 1.29 is 68.9 Å². The highest BCUT2D eigenvalue weighted by molar-refractivity contribution is 5.96. The number of rotatable bonds is 27. The SMILES string of the molecule is CN(CCCCCC(=O)N(C)CCN1CCC(OC(=O)Nc2ccccc2-c2ccccc2)CC1)Cc1ccc(C(=O)CCCN(C)C(=O)CO[C@H]2Cc3ccccc3C23CCN(CC[C@]2(c4ccc(F)cc4)CN(C(=O)c4cc(C(F)(F)F)cc(C(F)(F)F)c4)CO2)CC3)cc1. The van der Waals surface area contributed by atoms with Gasteiger partial charge in [-0.1, -0.05) is 116 Å². The van der Waals surface area contributed by atoms with Crippen molar-refractivity contribution in [1.29, 1.82) is 0 Å². The van der Waals surface area contributed by atoms with Crippen molar-refractivity contribution in [2.24, 2.45) is 0 Å². The number of nitrogens with zero attached hydrogens (tertiary/aromatic N) is 6. The molecule has 10 rings (SSSR count). The van der Waals surface area contributed by atoms with E-state index in [1.54, 1.807) is 11.9 Å². The van der Waals surface area contributed by atoms with Crippen molar-refractivity contribution in [2.75, 3.05) is 105 Å². The first-order chi connectivity index (χ1) is 46.4. The van der Waals surface area contributed by atoms with Crippen LogP contribution < -0.4 is 5.32 Å². The van der Waals surface area contributed by atoms with Gasteiger partial charge < -0.3 is 43.6 Å². The molecule has 0 aromatic heterocycles. The molecule has 0 unspecified atom stereocenters. The van der Waals surface area contributed by atoms with Crippen LogP contribution in [-0.4, -0.2) is 171 Å². The lowest BCUT2D eigenvalue weighted by molar-refractivity contribution is -0.143. The average Bonchev–Trinajstić information content (AvgIpc) is 1.60. The summed E-state index contributed by atoms with van der Waals surface area (Å²) >= 11 is 0. The Balaban J connectivity index is 0.603. The van der Waals surface area contributed by atoms with Gasteiger partial charge in [0.05, 0.1) is 29.5 Å². The molecule has 0 radical (unpaired) electrons. The van der Waals surface area contributed by atoms with Gasteiger partial charge in [-0.05, 0) is 149 Å². The summed E-state index contributed by atoms with van der Waals surface area (Å²) in [6.45, 7) is 5.76. The Labute approximate surface area is 562 Å². The van der Waals surface area contributed by atoms with Gasteiger partial charge in [-0.2, -0.15) is 26.3 Å². The number of hydrogen-bond acceptors (Lipinski definition) is 11.